The molecule has 0 unspecified atom stereocenters. The van der Waals surface area contributed by atoms with Crippen molar-refractivity contribution in [2.24, 2.45) is 5.92 Å². The lowest BCUT2D eigenvalue weighted by Gasteiger charge is -2.30. The number of carboxylic acid groups (broad SMARTS) is 1. The van der Waals surface area contributed by atoms with Crippen LogP contribution in [0.4, 0.5) is 14.7 Å². The van der Waals surface area contributed by atoms with Crippen molar-refractivity contribution in [1.82, 2.24) is 25.4 Å². The van der Waals surface area contributed by atoms with Crippen LogP contribution in [0.2, 0.25) is 0 Å². The second-order valence-electron chi connectivity index (χ2n) is 15.5. The quantitative estimate of drug-likeness (QED) is 0.333. The molecule has 1 saturated carbocycles. The Hall–Kier alpha value is -3.88. The van der Waals surface area contributed by atoms with Gasteiger partial charge in [-0.3, -0.25) is 9.59 Å². The van der Waals surface area contributed by atoms with Crippen LogP contribution in [0.5, 0.6) is 0 Å². The van der Waals surface area contributed by atoms with Crippen LogP contribution in [0.15, 0.2) is 12.2 Å². The number of ether oxygens (including phenoxy) is 2. The highest BCUT2D eigenvalue weighted by Gasteiger charge is 2.61. The van der Waals surface area contributed by atoms with E-state index in [1.54, 1.807) is 25.7 Å². The monoisotopic (exact) mass is 702 g/mol. The Morgan fingerprint density at radius 2 is 1.88 bits per heavy atom. The molecule has 1 aromatic heterocycles. The van der Waals surface area contributed by atoms with Gasteiger partial charge in [0.25, 0.3) is 0 Å². The van der Waals surface area contributed by atoms with Gasteiger partial charge in [-0.15, -0.1) is 0 Å². The van der Waals surface area contributed by atoms with Gasteiger partial charge < -0.3 is 40.3 Å². The van der Waals surface area contributed by atoms with Gasteiger partial charge in [-0.2, -0.15) is 0 Å². The molecule has 14 nitrogen and oxygen atoms in total. The molecule has 2 fully saturated rings. The molecule has 0 spiro atoms. The van der Waals surface area contributed by atoms with Gasteiger partial charge >= 0.3 is 18.2 Å². The molecule has 270 valence electrons. The normalized spacial score (nSPS) is 27.8. The van der Waals surface area contributed by atoms with Crippen LogP contribution in [0.25, 0.3) is 0 Å². The zero-order chi connectivity index (χ0) is 35.7. The number of rotatable bonds is 4. The zero-order valence-electron chi connectivity index (χ0n) is 29.3. The van der Waals surface area contributed by atoms with Crippen LogP contribution in [0, 0.1) is 5.92 Å². The van der Waals surface area contributed by atoms with Gasteiger partial charge in [-0.05, 0) is 67.2 Å². The lowest BCUT2D eigenvalue weighted by Crippen LogP contribution is -2.56. The van der Waals surface area contributed by atoms with Gasteiger partial charge in [0.15, 0.2) is 5.13 Å². The molecule has 1 saturated heterocycles. The van der Waals surface area contributed by atoms with Gasteiger partial charge in [-0.25, -0.2) is 19.4 Å². The van der Waals surface area contributed by atoms with Crippen molar-refractivity contribution >= 4 is 46.4 Å². The minimum absolute atomic E-state index is 0.0159. The molecule has 4 amide bonds. The number of fused-ring (bicyclic) bond motifs is 3. The maximum atomic E-state index is 14.2. The number of allylic oxidation sites excluding steroid dienone is 1. The minimum atomic E-state index is -1.47. The van der Waals surface area contributed by atoms with Gasteiger partial charge in [-0.1, -0.05) is 36.3 Å². The van der Waals surface area contributed by atoms with Crippen molar-refractivity contribution in [2.45, 2.75) is 134 Å². The van der Waals surface area contributed by atoms with E-state index >= 15 is 0 Å². The number of thiazole rings is 1. The smallest absolute Gasteiger partial charge is 0.410 e. The number of aromatic nitrogens is 1. The fourth-order valence-electron chi connectivity index (χ4n) is 6.54. The summed E-state index contributed by atoms with van der Waals surface area (Å²) in [5.74, 6) is -2.66. The number of aliphatic carboxylic acids is 1. The first kappa shape index (κ1) is 36.4. The van der Waals surface area contributed by atoms with Gasteiger partial charge in [0.2, 0.25) is 11.8 Å². The molecule has 1 aliphatic carbocycles. The average Bonchev–Trinajstić information content (AvgIpc) is 3.30. The van der Waals surface area contributed by atoms with E-state index in [9.17, 15) is 29.1 Å². The summed E-state index contributed by atoms with van der Waals surface area (Å²) < 4.78 is 11.4. The number of hydrogen-bond acceptors (Lipinski definition) is 10. The fourth-order valence-corrected chi connectivity index (χ4v) is 7.77. The summed E-state index contributed by atoms with van der Waals surface area (Å²) in [5, 5.41) is 19.7. The highest BCUT2D eigenvalue weighted by Crippen LogP contribution is 2.45. The van der Waals surface area contributed by atoms with E-state index in [1.165, 1.54) is 16.2 Å². The number of carbonyl (C=O) groups is 5. The topological polar surface area (TPSA) is 179 Å². The number of amides is 4. The Morgan fingerprint density at radius 3 is 2.57 bits per heavy atom. The average molecular weight is 703 g/mol. The molecule has 5 atom stereocenters. The molecule has 4 heterocycles. The molecule has 5 rings (SSSR count). The highest BCUT2D eigenvalue weighted by molar-refractivity contribution is 7.15. The van der Waals surface area contributed by atoms with E-state index in [1.807, 2.05) is 12.2 Å². The maximum absolute atomic E-state index is 14.2. The molecule has 0 bridgehead atoms. The van der Waals surface area contributed by atoms with Crippen molar-refractivity contribution < 1.29 is 38.6 Å². The SMILES string of the molecule is CC(C)(C)Nc1nc2c(s1)CN(C(=O)O[C@@H]1C[C@H]3C(=O)N[C@]4(C(=O)O)C[C@H]4C=CCCCCC[C@H](NC(=O)OC(C)(C)C)C(=O)N3C1)CC2. The lowest BCUT2D eigenvalue weighted by molar-refractivity contribution is -0.145. The molecule has 0 aromatic carbocycles. The third kappa shape index (κ3) is 9.03. The van der Waals surface area contributed by atoms with E-state index in [-0.39, 0.29) is 30.8 Å². The lowest BCUT2D eigenvalue weighted by atomic mass is 10.0. The van der Waals surface area contributed by atoms with E-state index in [0.29, 0.717) is 32.4 Å². The summed E-state index contributed by atoms with van der Waals surface area (Å²) in [7, 11) is 0. The van der Waals surface area contributed by atoms with Crippen molar-refractivity contribution in [3.8, 4) is 0 Å². The van der Waals surface area contributed by atoms with Crippen LogP contribution >= 0.6 is 11.3 Å². The molecule has 0 radical (unpaired) electrons. The van der Waals surface area contributed by atoms with Crippen molar-refractivity contribution in [1.29, 1.82) is 0 Å². The van der Waals surface area contributed by atoms with Crippen LogP contribution in [-0.2, 0) is 36.8 Å². The number of nitrogens with zero attached hydrogens (tertiary/aromatic N) is 3. The summed E-state index contributed by atoms with van der Waals surface area (Å²) >= 11 is 1.50. The van der Waals surface area contributed by atoms with Crippen LogP contribution in [0.1, 0.15) is 97.1 Å². The summed E-state index contributed by atoms with van der Waals surface area (Å²) in [6, 6.07) is -2.11. The molecule has 15 heteroatoms. The Bertz CT molecular complexity index is 1480. The number of anilines is 1. The maximum Gasteiger partial charge on any atom is 0.410 e. The van der Waals surface area contributed by atoms with Gasteiger partial charge in [0.05, 0.1) is 18.8 Å². The number of hydrogen-bond donors (Lipinski definition) is 4. The van der Waals surface area contributed by atoms with Gasteiger partial charge in [0.1, 0.15) is 29.3 Å². The van der Waals surface area contributed by atoms with E-state index in [4.69, 9.17) is 14.5 Å². The third-order valence-electron chi connectivity index (χ3n) is 9.05. The van der Waals surface area contributed by atoms with Crippen LogP contribution < -0.4 is 16.0 Å². The summed E-state index contributed by atoms with van der Waals surface area (Å²) in [6.45, 7) is 12.0. The zero-order valence-corrected chi connectivity index (χ0v) is 30.1. The minimum Gasteiger partial charge on any atom is -0.479 e. The van der Waals surface area contributed by atoms with Crippen molar-refractivity contribution in [3.05, 3.63) is 22.7 Å². The van der Waals surface area contributed by atoms with Gasteiger partial charge in [0, 0.05) is 35.7 Å². The third-order valence-corrected chi connectivity index (χ3v) is 10.0. The van der Waals surface area contributed by atoms with Crippen molar-refractivity contribution in [2.75, 3.05) is 18.4 Å². The molecular weight excluding hydrogens is 652 g/mol. The second-order valence-corrected chi connectivity index (χ2v) is 16.6. The summed E-state index contributed by atoms with van der Waals surface area (Å²) in [6.07, 6.45) is 5.72. The molecular formula is C34H50N6O8S. The molecule has 4 aliphatic rings. The first-order valence-corrected chi connectivity index (χ1v) is 18.0. The van der Waals surface area contributed by atoms with E-state index in [2.05, 4.69) is 36.7 Å². The van der Waals surface area contributed by atoms with E-state index in [0.717, 1.165) is 35.0 Å². The Morgan fingerprint density at radius 1 is 1.12 bits per heavy atom. The second kappa shape index (κ2) is 14.2. The number of alkyl carbamates (subject to hydrolysis) is 1. The predicted octanol–water partition coefficient (Wildman–Crippen LogP) is 4.19. The number of carbonyl (C=O) groups excluding carboxylic acids is 4. The summed E-state index contributed by atoms with van der Waals surface area (Å²) in [4.78, 5) is 75.2. The first-order valence-electron chi connectivity index (χ1n) is 17.2. The largest absolute Gasteiger partial charge is 0.479 e. The fraction of sp³-hybridized carbons (Fsp3) is 0.706. The van der Waals surface area contributed by atoms with Crippen LogP contribution in [-0.4, -0.2) is 97.8 Å². The standard InChI is InChI=1S/C34H50N6O8S/c1-32(2,3)38-29-35-22-14-15-39(19-25(22)49-29)31(46)47-21-16-24-26(41)37-34(28(43)44)17-20(34)12-10-8-7-9-11-13-23(27(42)40(24)18-21)36-30(45)48-33(4,5)6/h10,12,20-21,23-24H,7-9,11,13-19H2,1-6H3,(H,35,38)(H,36,45)(H,37,41)(H,43,44)/t20-,21-,23+,24+,34-/m1/s1. The Labute approximate surface area is 291 Å². The van der Waals surface area contributed by atoms with Crippen molar-refractivity contribution in [3.63, 3.8) is 0 Å². The Kier molecular flexibility index (Phi) is 10.5. The molecule has 4 N–H and O–H groups in total. The Balaban J connectivity index is 1.34. The molecule has 49 heavy (non-hydrogen) atoms. The van der Waals surface area contributed by atoms with E-state index < -0.39 is 59.3 Å². The number of carboxylic acids is 1. The predicted molar refractivity (Wildman–Crippen MR) is 182 cm³/mol. The molecule has 1 aromatic rings. The molecule has 3 aliphatic heterocycles. The first-order chi connectivity index (χ1) is 22.9. The van der Waals surface area contributed by atoms with Crippen LogP contribution in [0.3, 0.4) is 0 Å². The summed E-state index contributed by atoms with van der Waals surface area (Å²) in [5.41, 5.74) is -1.48. The number of nitrogens with one attached hydrogen (secondary N) is 3. The highest BCUT2D eigenvalue weighted by atomic mass is 32.1.